The van der Waals surface area contributed by atoms with Crippen LogP contribution >= 0.6 is 0 Å². The number of aromatic nitrogens is 2. The number of aryl methyl sites for hydroxylation is 1. The molecule has 0 radical (unpaired) electrons. The molecule has 1 aromatic heterocycles. The normalized spacial score (nSPS) is 19.7. The molecule has 1 amide bonds. The van der Waals surface area contributed by atoms with Crippen LogP contribution in [0.2, 0.25) is 0 Å². The van der Waals surface area contributed by atoms with Gasteiger partial charge >= 0.3 is 5.97 Å². The Kier molecular flexibility index (Phi) is 3.64. The molecule has 0 saturated carbocycles. The number of hydrogen-bond donors (Lipinski definition) is 0. The first-order valence-electron chi connectivity index (χ1n) is 5.98. The number of hydrogen-bond acceptors (Lipinski definition) is 4. The topological polar surface area (TPSA) is 64.4 Å². The van der Waals surface area contributed by atoms with Crippen LogP contribution in [0, 0.1) is 5.92 Å². The highest BCUT2D eigenvalue weighted by molar-refractivity contribution is 5.92. The van der Waals surface area contributed by atoms with Gasteiger partial charge in [-0.2, -0.15) is 5.10 Å². The van der Waals surface area contributed by atoms with Gasteiger partial charge in [0.15, 0.2) is 0 Å². The van der Waals surface area contributed by atoms with Crippen LogP contribution in [0.5, 0.6) is 0 Å². The van der Waals surface area contributed by atoms with E-state index in [2.05, 4.69) is 5.10 Å². The fraction of sp³-hybridized carbons (Fsp3) is 0.583. The van der Waals surface area contributed by atoms with Gasteiger partial charge in [0, 0.05) is 26.3 Å². The van der Waals surface area contributed by atoms with Gasteiger partial charge in [0.25, 0.3) is 5.91 Å². The van der Waals surface area contributed by atoms with Crippen LogP contribution < -0.4 is 0 Å². The molecule has 0 aromatic carbocycles. The predicted octanol–water partition coefficient (Wildman–Crippen LogP) is 0.445. The summed E-state index contributed by atoms with van der Waals surface area (Å²) in [5.41, 5.74) is 0.542. The lowest BCUT2D eigenvalue weighted by atomic mass is 9.98. The molecule has 2 heterocycles. The number of carbonyl (C=O) groups excluding carboxylic acids is 2. The number of carbonyl (C=O) groups is 2. The van der Waals surface area contributed by atoms with E-state index in [9.17, 15) is 9.59 Å². The molecule has 1 aliphatic heterocycles. The third kappa shape index (κ3) is 2.37. The summed E-state index contributed by atoms with van der Waals surface area (Å²) in [4.78, 5) is 25.5. The molecule has 18 heavy (non-hydrogen) atoms. The number of likely N-dealkylation sites (tertiary alicyclic amines) is 1. The molecule has 0 N–H and O–H groups in total. The summed E-state index contributed by atoms with van der Waals surface area (Å²) in [6.07, 6.45) is 3.19. The fourth-order valence-corrected chi connectivity index (χ4v) is 2.27. The van der Waals surface area contributed by atoms with Gasteiger partial charge in [-0.05, 0) is 18.9 Å². The maximum atomic E-state index is 12.3. The Morgan fingerprint density at radius 2 is 2.28 bits per heavy atom. The lowest BCUT2D eigenvalue weighted by molar-refractivity contribution is -0.146. The van der Waals surface area contributed by atoms with Crippen molar-refractivity contribution < 1.29 is 14.3 Å². The fourth-order valence-electron chi connectivity index (χ4n) is 2.27. The summed E-state index contributed by atoms with van der Waals surface area (Å²) in [5, 5.41) is 3.98. The summed E-state index contributed by atoms with van der Waals surface area (Å²) in [5.74, 6) is -0.526. The second-order valence-corrected chi connectivity index (χ2v) is 4.45. The van der Waals surface area contributed by atoms with Crippen LogP contribution in [0.25, 0.3) is 0 Å². The number of nitrogens with zero attached hydrogens (tertiary/aromatic N) is 3. The van der Waals surface area contributed by atoms with Crippen LogP contribution in [0.3, 0.4) is 0 Å². The molecule has 1 fully saturated rings. The summed E-state index contributed by atoms with van der Waals surface area (Å²) in [6.45, 7) is 1.11. The van der Waals surface area contributed by atoms with E-state index >= 15 is 0 Å². The van der Waals surface area contributed by atoms with Crippen molar-refractivity contribution in [3.63, 3.8) is 0 Å². The Morgan fingerprint density at radius 3 is 2.89 bits per heavy atom. The van der Waals surface area contributed by atoms with E-state index in [0.717, 1.165) is 12.8 Å². The van der Waals surface area contributed by atoms with Crippen molar-refractivity contribution in [2.75, 3.05) is 20.2 Å². The summed E-state index contributed by atoms with van der Waals surface area (Å²) < 4.78 is 6.28. The lowest BCUT2D eigenvalue weighted by Gasteiger charge is -2.31. The Balaban J connectivity index is 2.07. The van der Waals surface area contributed by atoms with E-state index in [1.54, 1.807) is 28.9 Å². The van der Waals surface area contributed by atoms with E-state index in [0.29, 0.717) is 18.8 Å². The van der Waals surface area contributed by atoms with E-state index in [-0.39, 0.29) is 17.8 Å². The third-order valence-corrected chi connectivity index (χ3v) is 3.28. The summed E-state index contributed by atoms with van der Waals surface area (Å²) in [7, 11) is 3.11. The zero-order chi connectivity index (χ0) is 13.1. The lowest BCUT2D eigenvalue weighted by Crippen LogP contribution is -2.43. The quantitative estimate of drug-likeness (QED) is 0.716. The van der Waals surface area contributed by atoms with Gasteiger partial charge in [0.05, 0.1) is 13.0 Å². The highest BCUT2D eigenvalue weighted by Gasteiger charge is 2.30. The minimum absolute atomic E-state index is 0.0800. The van der Waals surface area contributed by atoms with Crippen molar-refractivity contribution in [2.24, 2.45) is 13.0 Å². The average Bonchev–Trinajstić information content (AvgIpc) is 2.83. The molecule has 2 rings (SSSR count). The first-order chi connectivity index (χ1) is 8.63. The monoisotopic (exact) mass is 251 g/mol. The Bertz CT molecular complexity index is 455. The molecule has 0 aliphatic carbocycles. The number of esters is 1. The second kappa shape index (κ2) is 5.20. The number of amides is 1. The predicted molar refractivity (Wildman–Crippen MR) is 63.9 cm³/mol. The third-order valence-electron chi connectivity index (χ3n) is 3.28. The molecule has 6 heteroatoms. The first-order valence-corrected chi connectivity index (χ1v) is 5.98. The summed E-state index contributed by atoms with van der Waals surface area (Å²) >= 11 is 0. The molecule has 1 atom stereocenters. The van der Waals surface area contributed by atoms with Crippen molar-refractivity contribution in [3.8, 4) is 0 Å². The van der Waals surface area contributed by atoms with Crippen LogP contribution in [0.4, 0.5) is 0 Å². The second-order valence-electron chi connectivity index (χ2n) is 4.45. The van der Waals surface area contributed by atoms with Crippen LogP contribution in [0.1, 0.15) is 23.3 Å². The van der Waals surface area contributed by atoms with Crippen LogP contribution in [-0.4, -0.2) is 46.8 Å². The molecular weight excluding hydrogens is 234 g/mol. The largest absolute Gasteiger partial charge is 0.469 e. The Hall–Kier alpha value is -1.85. The van der Waals surface area contributed by atoms with E-state index in [1.807, 2.05) is 0 Å². The van der Waals surface area contributed by atoms with Gasteiger partial charge in [-0.1, -0.05) is 0 Å². The zero-order valence-electron chi connectivity index (χ0n) is 10.6. The number of piperidine rings is 1. The standard InChI is InChI=1S/C12H17N3O3/c1-14-10(5-6-13-14)11(16)15-7-3-4-9(8-15)12(17)18-2/h5-6,9H,3-4,7-8H2,1-2H3/t9-/m0/s1. The maximum Gasteiger partial charge on any atom is 0.310 e. The SMILES string of the molecule is COC(=O)[C@H]1CCCN(C(=O)c2ccnn2C)C1. The van der Waals surface area contributed by atoms with Gasteiger partial charge in [-0.3, -0.25) is 14.3 Å². The van der Waals surface area contributed by atoms with Crippen LogP contribution in [0.15, 0.2) is 12.3 Å². The van der Waals surface area contributed by atoms with Crippen molar-refractivity contribution >= 4 is 11.9 Å². The number of ether oxygens (including phenoxy) is 1. The first kappa shape index (κ1) is 12.6. The maximum absolute atomic E-state index is 12.3. The molecule has 1 aliphatic rings. The number of methoxy groups -OCH3 is 1. The highest BCUT2D eigenvalue weighted by Crippen LogP contribution is 2.19. The van der Waals surface area contributed by atoms with Gasteiger partial charge in [0.2, 0.25) is 0 Å². The van der Waals surface area contributed by atoms with Gasteiger partial charge < -0.3 is 9.64 Å². The van der Waals surface area contributed by atoms with Crippen molar-refractivity contribution in [3.05, 3.63) is 18.0 Å². The number of rotatable bonds is 2. The summed E-state index contributed by atoms with van der Waals surface area (Å²) in [6, 6.07) is 1.68. The highest BCUT2D eigenvalue weighted by atomic mass is 16.5. The van der Waals surface area contributed by atoms with E-state index in [4.69, 9.17) is 4.74 Å². The van der Waals surface area contributed by atoms with Crippen molar-refractivity contribution in [1.82, 2.24) is 14.7 Å². The minimum Gasteiger partial charge on any atom is -0.469 e. The van der Waals surface area contributed by atoms with Gasteiger partial charge in [-0.25, -0.2) is 0 Å². The van der Waals surface area contributed by atoms with E-state index in [1.165, 1.54) is 7.11 Å². The molecule has 0 spiro atoms. The Morgan fingerprint density at radius 1 is 1.50 bits per heavy atom. The van der Waals surface area contributed by atoms with Gasteiger partial charge in [0.1, 0.15) is 5.69 Å². The van der Waals surface area contributed by atoms with E-state index < -0.39 is 0 Å². The van der Waals surface area contributed by atoms with Gasteiger partial charge in [-0.15, -0.1) is 0 Å². The molecule has 98 valence electrons. The molecule has 1 aromatic rings. The minimum atomic E-state index is -0.238. The average molecular weight is 251 g/mol. The smallest absolute Gasteiger partial charge is 0.310 e. The molecular formula is C12H17N3O3. The zero-order valence-corrected chi connectivity index (χ0v) is 10.6. The molecule has 0 bridgehead atoms. The van der Waals surface area contributed by atoms with Crippen molar-refractivity contribution in [1.29, 1.82) is 0 Å². The molecule has 0 unspecified atom stereocenters. The Labute approximate surface area is 106 Å². The molecule has 1 saturated heterocycles. The molecule has 6 nitrogen and oxygen atoms in total. The van der Waals surface area contributed by atoms with Crippen LogP contribution in [-0.2, 0) is 16.6 Å². The van der Waals surface area contributed by atoms with Crippen molar-refractivity contribution in [2.45, 2.75) is 12.8 Å².